The van der Waals surface area contributed by atoms with E-state index in [0.717, 1.165) is 31.4 Å². The lowest BCUT2D eigenvalue weighted by molar-refractivity contribution is 0.403. The number of halogens is 2. The molecule has 0 fully saturated rings. The molecule has 0 N–H and O–H groups in total. The van der Waals surface area contributed by atoms with E-state index in [-0.39, 0.29) is 20.5 Å². The Hall–Kier alpha value is -1.84. The highest BCUT2D eigenvalue weighted by Crippen LogP contribution is 2.55. The van der Waals surface area contributed by atoms with Gasteiger partial charge >= 0.3 is 0 Å². The summed E-state index contributed by atoms with van der Waals surface area (Å²) in [6, 6.07) is 17.0. The van der Waals surface area contributed by atoms with Gasteiger partial charge in [0.2, 0.25) is 0 Å². The molecule has 0 saturated heterocycles. The molecule has 4 bridgehead atoms. The molecule has 3 heteroatoms. The van der Waals surface area contributed by atoms with Crippen LogP contribution in [0.15, 0.2) is 42.5 Å². The highest BCUT2D eigenvalue weighted by Gasteiger charge is 2.34. The molecule has 0 saturated carbocycles. The van der Waals surface area contributed by atoms with E-state index in [2.05, 4.69) is 116 Å². The van der Waals surface area contributed by atoms with Crippen LogP contribution in [-0.4, -0.2) is 7.11 Å². The first-order chi connectivity index (χ1) is 17.9. The summed E-state index contributed by atoms with van der Waals surface area (Å²) < 4.78 is 6.05. The van der Waals surface area contributed by atoms with Crippen molar-refractivity contribution in [1.82, 2.24) is 0 Å². The van der Waals surface area contributed by atoms with Crippen molar-refractivity contribution in [3.05, 3.63) is 87.0 Å². The summed E-state index contributed by atoms with van der Waals surface area (Å²) in [7, 11) is 1.84. The third-order valence-corrected chi connectivity index (χ3v) is 11.5. The van der Waals surface area contributed by atoms with Crippen molar-refractivity contribution in [2.75, 3.05) is 7.11 Å². The molecule has 2 unspecified atom stereocenters. The lowest BCUT2D eigenvalue weighted by Crippen LogP contribution is -2.17. The molecule has 0 amide bonds. The van der Waals surface area contributed by atoms with Crippen molar-refractivity contribution >= 4 is 53.4 Å². The molecule has 2 aliphatic rings. The minimum Gasteiger partial charge on any atom is -0.496 e. The molecule has 2 aliphatic carbocycles. The second-order valence-electron chi connectivity index (χ2n) is 13.4. The number of hydrogen-bond acceptors (Lipinski definition) is 1. The number of fused-ring (bicyclic) bond motifs is 6. The van der Waals surface area contributed by atoms with Crippen LogP contribution in [0.3, 0.4) is 0 Å². The zero-order valence-electron chi connectivity index (χ0n) is 23.7. The molecule has 0 aliphatic heterocycles. The Bertz CT molecular complexity index is 1600. The molecule has 0 aromatic heterocycles. The van der Waals surface area contributed by atoms with E-state index in [1.54, 1.807) is 0 Å². The zero-order chi connectivity index (χ0) is 27.1. The van der Waals surface area contributed by atoms with E-state index >= 15 is 0 Å². The van der Waals surface area contributed by atoms with E-state index in [9.17, 15) is 0 Å². The number of alkyl halides is 2. The first-order valence-electron chi connectivity index (χ1n) is 13.9. The van der Waals surface area contributed by atoms with Gasteiger partial charge in [0.05, 0.1) is 16.8 Å². The first-order valence-corrected chi connectivity index (χ1v) is 15.8. The SMILES string of the molecule is COc1c2cc(C(C)(C)C)cc1CCc1cc(c3c4c1ccc1cc(C(C)(C)C)cc(c14)C(Br)C3Br)CC2. The van der Waals surface area contributed by atoms with Gasteiger partial charge in [0, 0.05) is 0 Å². The van der Waals surface area contributed by atoms with Gasteiger partial charge in [0.25, 0.3) is 0 Å². The van der Waals surface area contributed by atoms with Crippen LogP contribution in [0.2, 0.25) is 0 Å². The summed E-state index contributed by atoms with van der Waals surface area (Å²) in [5.74, 6) is 1.09. The second kappa shape index (κ2) is 9.10. The Kier molecular flexibility index (Phi) is 6.32. The maximum atomic E-state index is 6.05. The summed E-state index contributed by atoms with van der Waals surface area (Å²) in [5, 5.41) is 5.68. The fourth-order valence-corrected chi connectivity index (χ4v) is 8.05. The molecule has 0 heterocycles. The van der Waals surface area contributed by atoms with E-state index in [4.69, 9.17) is 4.74 Å². The topological polar surface area (TPSA) is 9.23 Å². The number of hydrogen-bond donors (Lipinski definition) is 0. The summed E-state index contributed by atoms with van der Waals surface area (Å²) in [5.41, 5.74) is 11.5. The van der Waals surface area contributed by atoms with E-state index in [1.807, 2.05) is 7.11 Å². The van der Waals surface area contributed by atoms with Crippen molar-refractivity contribution in [2.45, 2.75) is 87.7 Å². The van der Waals surface area contributed by atoms with Crippen LogP contribution in [-0.2, 0) is 36.5 Å². The summed E-state index contributed by atoms with van der Waals surface area (Å²) in [4.78, 5) is 0.455. The van der Waals surface area contributed by atoms with Crippen LogP contribution in [0, 0.1) is 0 Å². The fraction of sp³-hybridized carbons (Fsp3) is 0.429. The Labute approximate surface area is 244 Å². The third kappa shape index (κ3) is 4.15. The highest BCUT2D eigenvalue weighted by molar-refractivity contribution is 9.12. The number of benzene rings is 4. The van der Waals surface area contributed by atoms with E-state index in [1.165, 1.54) is 66.1 Å². The molecule has 2 atom stereocenters. The first kappa shape index (κ1) is 26.4. The summed E-state index contributed by atoms with van der Waals surface area (Å²) >= 11 is 8.33. The highest BCUT2D eigenvalue weighted by atomic mass is 79.9. The van der Waals surface area contributed by atoms with Gasteiger partial charge in [0.1, 0.15) is 5.75 Å². The van der Waals surface area contributed by atoms with Crippen molar-refractivity contribution in [1.29, 1.82) is 0 Å². The molecule has 6 rings (SSSR count). The van der Waals surface area contributed by atoms with Crippen LogP contribution in [0.5, 0.6) is 5.75 Å². The maximum Gasteiger partial charge on any atom is 0.125 e. The Balaban J connectivity index is 1.62. The quantitative estimate of drug-likeness (QED) is 0.150. The standard InChI is InChI=1S/C35H38Br2O/c1-34(2,3)24-16-22-10-8-19-14-20(9-11-23(17-24)33(22)38-7)29-30-26(19)13-12-21-15-25(35(4,5)6)18-27(28(21)30)31(36)32(29)37/h12-18,31-32H,8-11H2,1-7H3. The van der Waals surface area contributed by atoms with Gasteiger partial charge in [-0.3, -0.25) is 0 Å². The van der Waals surface area contributed by atoms with Crippen molar-refractivity contribution in [3.63, 3.8) is 0 Å². The van der Waals surface area contributed by atoms with Gasteiger partial charge in [-0.2, -0.15) is 0 Å². The number of ether oxygens (including phenoxy) is 1. The average Bonchev–Trinajstić information content (AvgIpc) is 2.86. The van der Waals surface area contributed by atoms with Gasteiger partial charge in [-0.1, -0.05) is 116 Å². The van der Waals surface area contributed by atoms with Gasteiger partial charge in [-0.15, -0.1) is 0 Å². The van der Waals surface area contributed by atoms with E-state index in [0.29, 0.717) is 0 Å². The molecular formula is C35H38Br2O. The fourth-order valence-electron chi connectivity index (χ4n) is 6.62. The second-order valence-corrected chi connectivity index (χ2v) is 15.4. The maximum absolute atomic E-state index is 6.05. The van der Waals surface area contributed by atoms with Crippen LogP contribution in [0.25, 0.3) is 21.5 Å². The number of rotatable bonds is 1. The molecule has 4 aromatic rings. The minimum atomic E-state index is 0.107. The van der Waals surface area contributed by atoms with Crippen molar-refractivity contribution in [3.8, 4) is 5.75 Å². The average molecular weight is 634 g/mol. The van der Waals surface area contributed by atoms with Gasteiger partial charge in [-0.05, 0) is 103 Å². The van der Waals surface area contributed by atoms with Crippen LogP contribution in [0.4, 0.5) is 0 Å². The van der Waals surface area contributed by atoms with Crippen LogP contribution in [0.1, 0.15) is 95.7 Å². The smallest absolute Gasteiger partial charge is 0.125 e. The summed E-state index contributed by atoms with van der Waals surface area (Å²) in [6.45, 7) is 13.9. The molecular weight excluding hydrogens is 596 g/mol. The third-order valence-electron chi connectivity index (χ3n) is 8.79. The van der Waals surface area contributed by atoms with E-state index < -0.39 is 0 Å². The Morgan fingerprint density at radius 3 is 1.84 bits per heavy atom. The van der Waals surface area contributed by atoms with Crippen molar-refractivity contribution in [2.24, 2.45) is 0 Å². The monoisotopic (exact) mass is 632 g/mol. The predicted octanol–water partition coefficient (Wildman–Crippen LogP) is 10.4. The lowest BCUT2D eigenvalue weighted by Gasteiger charge is -2.33. The summed E-state index contributed by atoms with van der Waals surface area (Å²) in [6.07, 6.45) is 3.99. The number of methoxy groups -OCH3 is 1. The largest absolute Gasteiger partial charge is 0.496 e. The Morgan fingerprint density at radius 1 is 0.658 bits per heavy atom. The lowest BCUT2D eigenvalue weighted by atomic mass is 9.76. The molecule has 0 radical (unpaired) electrons. The Morgan fingerprint density at radius 2 is 1.24 bits per heavy atom. The van der Waals surface area contributed by atoms with Gasteiger partial charge in [0.15, 0.2) is 0 Å². The molecule has 198 valence electrons. The molecule has 1 nitrogen and oxygen atoms in total. The number of aryl methyl sites for hydroxylation is 4. The molecule has 38 heavy (non-hydrogen) atoms. The molecule has 4 aromatic carbocycles. The molecule has 0 spiro atoms. The van der Waals surface area contributed by atoms with Crippen molar-refractivity contribution < 1.29 is 4.74 Å². The normalized spacial score (nSPS) is 19.3. The zero-order valence-corrected chi connectivity index (χ0v) is 26.9. The van der Waals surface area contributed by atoms with Gasteiger partial charge in [-0.25, -0.2) is 0 Å². The van der Waals surface area contributed by atoms with Crippen LogP contribution >= 0.6 is 31.9 Å². The minimum absolute atomic E-state index is 0.107. The predicted molar refractivity (Wildman–Crippen MR) is 170 cm³/mol. The van der Waals surface area contributed by atoms with Crippen LogP contribution < -0.4 is 4.74 Å². The van der Waals surface area contributed by atoms with Gasteiger partial charge < -0.3 is 4.74 Å².